The predicted octanol–water partition coefficient (Wildman–Crippen LogP) is 4.14. The average molecular weight is 420 g/mol. The molecule has 0 fully saturated rings. The van der Waals surface area contributed by atoms with E-state index in [0.29, 0.717) is 42.1 Å². The monoisotopic (exact) mass is 419 g/mol. The van der Waals surface area contributed by atoms with Crippen molar-refractivity contribution in [1.29, 1.82) is 0 Å². The average Bonchev–Trinajstić information content (AvgIpc) is 2.72. The van der Waals surface area contributed by atoms with Gasteiger partial charge in [0.1, 0.15) is 6.29 Å². The number of aldehydes is 1. The highest BCUT2D eigenvalue weighted by molar-refractivity contribution is 6.33. The summed E-state index contributed by atoms with van der Waals surface area (Å²) >= 11 is 6.04. The van der Waals surface area contributed by atoms with E-state index in [1.54, 1.807) is 25.1 Å². The van der Waals surface area contributed by atoms with E-state index in [4.69, 9.17) is 25.8 Å². The van der Waals surface area contributed by atoms with Crippen molar-refractivity contribution in [1.82, 2.24) is 0 Å². The minimum absolute atomic E-state index is 0.168. The fourth-order valence-corrected chi connectivity index (χ4v) is 2.55. The number of halogens is 1. The number of carbonyl (C=O) groups is 3. The molecule has 1 N–H and O–H groups in total. The van der Waals surface area contributed by atoms with E-state index in [1.165, 1.54) is 18.2 Å². The first-order valence-corrected chi connectivity index (χ1v) is 9.47. The van der Waals surface area contributed by atoms with Crippen molar-refractivity contribution in [2.24, 2.45) is 0 Å². The third-order valence-electron chi connectivity index (χ3n) is 3.67. The van der Waals surface area contributed by atoms with E-state index >= 15 is 0 Å². The van der Waals surface area contributed by atoms with Gasteiger partial charge in [0.25, 0.3) is 5.91 Å². The maximum atomic E-state index is 12.2. The van der Waals surface area contributed by atoms with Crippen molar-refractivity contribution in [3.8, 4) is 11.5 Å². The molecule has 0 atom stereocenters. The zero-order valence-electron chi connectivity index (χ0n) is 16.2. The number of rotatable bonds is 10. The second-order valence-corrected chi connectivity index (χ2v) is 6.33. The molecule has 0 aliphatic heterocycles. The lowest BCUT2D eigenvalue weighted by Crippen LogP contribution is -2.20. The van der Waals surface area contributed by atoms with E-state index in [9.17, 15) is 14.4 Å². The van der Waals surface area contributed by atoms with Gasteiger partial charge in [-0.25, -0.2) is 4.79 Å². The van der Waals surface area contributed by atoms with Crippen molar-refractivity contribution in [3.63, 3.8) is 0 Å². The van der Waals surface area contributed by atoms with Crippen LogP contribution < -0.4 is 14.8 Å². The molecule has 2 rings (SSSR count). The molecule has 0 saturated carbocycles. The fraction of sp³-hybridized carbons (Fsp3) is 0.286. The highest BCUT2D eigenvalue weighted by atomic mass is 35.5. The Morgan fingerprint density at radius 2 is 1.86 bits per heavy atom. The molecule has 0 aromatic heterocycles. The second-order valence-electron chi connectivity index (χ2n) is 5.92. The van der Waals surface area contributed by atoms with Crippen LogP contribution in [0.15, 0.2) is 36.4 Å². The van der Waals surface area contributed by atoms with Gasteiger partial charge in [-0.2, -0.15) is 0 Å². The van der Waals surface area contributed by atoms with Gasteiger partial charge in [0.05, 0.1) is 23.8 Å². The van der Waals surface area contributed by atoms with Crippen LogP contribution in [-0.4, -0.2) is 38.0 Å². The number of benzene rings is 2. The van der Waals surface area contributed by atoms with E-state index in [2.05, 4.69) is 5.32 Å². The first-order valence-electron chi connectivity index (χ1n) is 9.09. The second kappa shape index (κ2) is 11.1. The number of ether oxygens (including phenoxy) is 3. The van der Waals surface area contributed by atoms with Gasteiger partial charge in [-0.1, -0.05) is 18.5 Å². The zero-order valence-corrected chi connectivity index (χ0v) is 17.0. The van der Waals surface area contributed by atoms with Crippen LogP contribution in [0.3, 0.4) is 0 Å². The minimum atomic E-state index is -0.555. The number of anilines is 1. The molecule has 154 valence electrons. The normalized spacial score (nSPS) is 10.2. The van der Waals surface area contributed by atoms with E-state index in [0.717, 1.165) is 0 Å². The lowest BCUT2D eigenvalue weighted by Gasteiger charge is -2.13. The van der Waals surface area contributed by atoms with Gasteiger partial charge in [-0.15, -0.1) is 0 Å². The van der Waals surface area contributed by atoms with Crippen LogP contribution in [0.25, 0.3) is 0 Å². The first kappa shape index (κ1) is 22.2. The number of esters is 1. The van der Waals surface area contributed by atoms with Gasteiger partial charge in [0, 0.05) is 11.3 Å². The zero-order chi connectivity index (χ0) is 21.2. The minimum Gasteiger partial charge on any atom is -0.490 e. The lowest BCUT2D eigenvalue weighted by atomic mass is 10.2. The molecule has 0 heterocycles. The van der Waals surface area contributed by atoms with Crippen LogP contribution in [0.1, 0.15) is 41.0 Å². The smallest absolute Gasteiger partial charge is 0.339 e. The molecule has 0 aliphatic carbocycles. The quantitative estimate of drug-likeness (QED) is 0.459. The van der Waals surface area contributed by atoms with Crippen molar-refractivity contribution >= 4 is 35.5 Å². The molecular weight excluding hydrogens is 398 g/mol. The van der Waals surface area contributed by atoms with E-state index in [1.807, 2.05) is 6.92 Å². The molecular formula is C21H22ClNO6. The Morgan fingerprint density at radius 1 is 1.07 bits per heavy atom. The Bertz CT molecular complexity index is 883. The molecule has 29 heavy (non-hydrogen) atoms. The van der Waals surface area contributed by atoms with Gasteiger partial charge < -0.3 is 19.5 Å². The maximum absolute atomic E-state index is 12.2. The van der Waals surface area contributed by atoms with Crippen molar-refractivity contribution < 1.29 is 28.6 Å². The molecule has 0 aliphatic rings. The van der Waals surface area contributed by atoms with E-state index in [-0.39, 0.29) is 23.8 Å². The summed E-state index contributed by atoms with van der Waals surface area (Å²) in [5.41, 5.74) is 0.989. The molecule has 1 amide bonds. The molecule has 0 spiro atoms. The summed E-state index contributed by atoms with van der Waals surface area (Å²) in [5.74, 6) is -0.284. The fourth-order valence-electron chi connectivity index (χ4n) is 2.36. The maximum Gasteiger partial charge on any atom is 0.339 e. The number of carbonyl (C=O) groups excluding carboxylic acids is 3. The van der Waals surface area contributed by atoms with Crippen LogP contribution in [0.5, 0.6) is 11.5 Å². The van der Waals surface area contributed by atoms with Crippen molar-refractivity contribution in [3.05, 3.63) is 52.5 Å². The summed E-state index contributed by atoms with van der Waals surface area (Å²) in [6.45, 7) is 4.05. The Hall–Kier alpha value is -3.06. The number of nitrogens with one attached hydrogen (secondary N) is 1. The molecule has 0 radical (unpaired) electrons. The Balaban J connectivity index is 2.03. The third kappa shape index (κ3) is 6.50. The number of hydrogen-bond donors (Lipinski definition) is 1. The van der Waals surface area contributed by atoms with Crippen LogP contribution in [0, 0.1) is 0 Å². The molecule has 0 bridgehead atoms. The molecule has 2 aromatic carbocycles. The SMILES string of the molecule is CCCOC(=O)c1cc(NC(=O)COc2ccc(C=O)cc2OCC)ccc1Cl. The predicted molar refractivity (Wildman–Crippen MR) is 109 cm³/mol. The third-order valence-corrected chi connectivity index (χ3v) is 4.00. The largest absolute Gasteiger partial charge is 0.490 e. The van der Waals surface area contributed by atoms with Crippen LogP contribution in [0.4, 0.5) is 5.69 Å². The van der Waals surface area contributed by atoms with Crippen molar-refractivity contribution in [2.75, 3.05) is 25.1 Å². The van der Waals surface area contributed by atoms with Gasteiger partial charge in [0.2, 0.25) is 0 Å². The highest BCUT2D eigenvalue weighted by Gasteiger charge is 2.14. The number of amides is 1. The summed E-state index contributed by atoms with van der Waals surface area (Å²) in [5, 5.41) is 2.87. The lowest BCUT2D eigenvalue weighted by molar-refractivity contribution is -0.118. The molecule has 8 heteroatoms. The summed E-state index contributed by atoms with van der Waals surface area (Å²) in [7, 11) is 0. The Morgan fingerprint density at radius 3 is 2.55 bits per heavy atom. The summed E-state index contributed by atoms with van der Waals surface area (Å²) in [4.78, 5) is 35.2. The van der Waals surface area contributed by atoms with Gasteiger partial charge in [-0.05, 0) is 49.7 Å². The van der Waals surface area contributed by atoms with Gasteiger partial charge >= 0.3 is 5.97 Å². The molecule has 0 saturated heterocycles. The van der Waals surface area contributed by atoms with Crippen molar-refractivity contribution in [2.45, 2.75) is 20.3 Å². The Kier molecular flexibility index (Phi) is 8.48. The molecule has 0 unspecified atom stereocenters. The summed E-state index contributed by atoms with van der Waals surface area (Å²) in [6.07, 6.45) is 1.39. The standard InChI is InChI=1S/C21H22ClNO6/c1-3-9-28-21(26)16-11-15(6-7-17(16)22)23-20(25)13-29-18-8-5-14(12-24)10-19(18)27-4-2/h5-8,10-12H,3-4,9,13H2,1-2H3,(H,23,25). The first-order chi connectivity index (χ1) is 14.0. The molecule has 2 aromatic rings. The van der Waals surface area contributed by atoms with Crippen LogP contribution >= 0.6 is 11.6 Å². The van der Waals surface area contributed by atoms with Crippen LogP contribution in [-0.2, 0) is 9.53 Å². The van der Waals surface area contributed by atoms with E-state index < -0.39 is 11.9 Å². The topological polar surface area (TPSA) is 90.9 Å². The van der Waals surface area contributed by atoms with Gasteiger partial charge in [0.15, 0.2) is 18.1 Å². The van der Waals surface area contributed by atoms with Gasteiger partial charge in [-0.3, -0.25) is 9.59 Å². The van der Waals surface area contributed by atoms with Crippen LogP contribution in [0.2, 0.25) is 5.02 Å². The summed E-state index contributed by atoms with van der Waals surface area (Å²) < 4.78 is 16.0. The number of hydrogen-bond acceptors (Lipinski definition) is 6. The Labute approximate surface area is 173 Å². The molecule has 7 nitrogen and oxygen atoms in total. The highest BCUT2D eigenvalue weighted by Crippen LogP contribution is 2.28. The summed E-state index contributed by atoms with van der Waals surface area (Å²) in [6, 6.07) is 9.19.